The summed E-state index contributed by atoms with van der Waals surface area (Å²) in [6.45, 7) is 0. The number of carbonyl (C=O) groups excluding carboxylic acids is 1. The molecule has 3 rings (SSSR count). The number of nitrogens with one attached hydrogen (secondary N) is 1. The third kappa shape index (κ3) is 3.98. The number of rotatable bonds is 6. The van der Waals surface area contributed by atoms with Crippen LogP contribution in [0.25, 0.3) is 11.3 Å². The van der Waals surface area contributed by atoms with Crippen LogP contribution in [0.3, 0.4) is 0 Å². The number of methoxy groups -OCH3 is 1. The van der Waals surface area contributed by atoms with E-state index in [0.717, 1.165) is 28.8 Å². The third-order valence-electron chi connectivity index (χ3n) is 3.19. The molecule has 0 aliphatic rings. The zero-order valence-electron chi connectivity index (χ0n) is 13.0. The van der Waals surface area contributed by atoms with E-state index in [0.29, 0.717) is 11.5 Å². The highest BCUT2D eigenvalue weighted by Crippen LogP contribution is 2.26. The van der Waals surface area contributed by atoms with Gasteiger partial charge in [0.05, 0.1) is 24.1 Å². The number of aromatic nitrogens is 2. The number of hydrogen-bond donors (Lipinski definition) is 1. The summed E-state index contributed by atoms with van der Waals surface area (Å²) in [4.78, 5) is 25.8. The van der Waals surface area contributed by atoms with Gasteiger partial charge in [-0.25, -0.2) is 4.98 Å². The number of hydrogen-bond acceptors (Lipinski definition) is 8. The second-order valence-electron chi connectivity index (χ2n) is 4.90. The van der Waals surface area contributed by atoms with Crippen molar-refractivity contribution >= 4 is 27.4 Å². The summed E-state index contributed by atoms with van der Waals surface area (Å²) in [7, 11) is 1.58. The fourth-order valence-corrected chi connectivity index (χ4v) is 2.67. The minimum Gasteiger partial charge on any atom is -0.497 e. The number of anilines is 1. The van der Waals surface area contributed by atoms with Crippen LogP contribution in [0.15, 0.2) is 41.1 Å². The maximum atomic E-state index is 12.0. The monoisotopic (exact) mass is 360 g/mol. The number of ether oxygens (including phenoxy) is 1. The van der Waals surface area contributed by atoms with E-state index in [9.17, 15) is 14.9 Å². The van der Waals surface area contributed by atoms with Crippen LogP contribution in [-0.4, -0.2) is 28.1 Å². The lowest BCUT2D eigenvalue weighted by molar-refractivity contribution is -0.380. The van der Waals surface area contributed by atoms with Gasteiger partial charge in [-0.05, 0) is 35.6 Å². The van der Waals surface area contributed by atoms with Gasteiger partial charge in [0.15, 0.2) is 10.9 Å². The molecule has 9 nitrogen and oxygen atoms in total. The van der Waals surface area contributed by atoms with E-state index in [4.69, 9.17) is 9.26 Å². The molecule has 0 radical (unpaired) electrons. The largest absolute Gasteiger partial charge is 0.497 e. The standard InChI is InChI=1S/C15H12N4O5S/c1-23-11-4-2-9(3-5-11)12-6-10(18-24-12)7-13(20)17-15-16-8-14(25-15)19(21)22/h2-6,8H,7H2,1H3,(H,16,17,20). The molecule has 3 aromatic rings. The van der Waals surface area contributed by atoms with Crippen LogP contribution in [0.4, 0.5) is 10.1 Å². The molecule has 2 aromatic heterocycles. The number of amides is 1. The number of nitrogens with zero attached hydrogens (tertiary/aromatic N) is 3. The molecule has 1 N–H and O–H groups in total. The van der Waals surface area contributed by atoms with Crippen molar-refractivity contribution in [2.75, 3.05) is 12.4 Å². The molecule has 0 aliphatic carbocycles. The third-order valence-corrected chi connectivity index (χ3v) is 4.06. The van der Waals surface area contributed by atoms with Gasteiger partial charge in [-0.2, -0.15) is 0 Å². The van der Waals surface area contributed by atoms with Crippen molar-refractivity contribution in [1.29, 1.82) is 0 Å². The fraction of sp³-hybridized carbons (Fsp3) is 0.133. The van der Waals surface area contributed by atoms with Gasteiger partial charge in [0.2, 0.25) is 5.91 Å². The Bertz CT molecular complexity index is 903. The van der Waals surface area contributed by atoms with Gasteiger partial charge in [0, 0.05) is 11.6 Å². The number of thiazole rings is 1. The number of nitro groups is 1. The second kappa shape index (κ2) is 7.09. The topological polar surface area (TPSA) is 120 Å². The minimum absolute atomic E-state index is 0.0347. The fourth-order valence-electron chi connectivity index (χ4n) is 2.02. The maximum absolute atomic E-state index is 12.0. The van der Waals surface area contributed by atoms with Crippen molar-refractivity contribution in [3.05, 3.63) is 52.3 Å². The first kappa shape index (κ1) is 16.6. The molecule has 0 unspecified atom stereocenters. The highest BCUT2D eigenvalue weighted by molar-refractivity contribution is 7.18. The number of benzene rings is 1. The predicted octanol–water partition coefficient (Wildman–Crippen LogP) is 2.90. The Kier molecular flexibility index (Phi) is 4.70. The Morgan fingerprint density at radius 3 is 2.80 bits per heavy atom. The molecule has 1 aromatic carbocycles. The smallest absolute Gasteiger partial charge is 0.345 e. The van der Waals surface area contributed by atoms with Gasteiger partial charge in [-0.3, -0.25) is 14.9 Å². The average molecular weight is 360 g/mol. The molecule has 0 aliphatic heterocycles. The molecule has 25 heavy (non-hydrogen) atoms. The Morgan fingerprint density at radius 1 is 1.40 bits per heavy atom. The van der Waals surface area contributed by atoms with Gasteiger partial charge in [0.1, 0.15) is 11.9 Å². The summed E-state index contributed by atoms with van der Waals surface area (Å²) >= 11 is 0.788. The van der Waals surface area contributed by atoms with E-state index in [2.05, 4.69) is 15.5 Å². The van der Waals surface area contributed by atoms with Crippen LogP contribution < -0.4 is 10.1 Å². The van der Waals surface area contributed by atoms with E-state index < -0.39 is 4.92 Å². The van der Waals surface area contributed by atoms with Crippen molar-refractivity contribution < 1.29 is 19.0 Å². The molecule has 0 spiro atoms. The van der Waals surface area contributed by atoms with Crippen LogP contribution in [0.1, 0.15) is 5.69 Å². The summed E-state index contributed by atoms with van der Waals surface area (Å²) in [5.41, 5.74) is 1.24. The van der Waals surface area contributed by atoms with Gasteiger partial charge in [-0.15, -0.1) is 0 Å². The first-order valence-electron chi connectivity index (χ1n) is 7.05. The van der Waals surface area contributed by atoms with Crippen LogP contribution in [0.5, 0.6) is 5.75 Å². The molecule has 128 valence electrons. The molecule has 10 heteroatoms. The van der Waals surface area contributed by atoms with E-state index in [1.165, 1.54) is 0 Å². The molecule has 0 saturated heterocycles. The first-order valence-corrected chi connectivity index (χ1v) is 7.87. The Morgan fingerprint density at radius 2 is 2.16 bits per heavy atom. The van der Waals surface area contributed by atoms with Crippen molar-refractivity contribution in [2.45, 2.75) is 6.42 Å². The molecule has 2 heterocycles. The molecular formula is C15H12N4O5S. The van der Waals surface area contributed by atoms with Gasteiger partial charge >= 0.3 is 5.00 Å². The van der Waals surface area contributed by atoms with E-state index in [1.54, 1.807) is 25.3 Å². The van der Waals surface area contributed by atoms with Crippen molar-refractivity contribution in [2.24, 2.45) is 0 Å². The Balaban J connectivity index is 1.63. The molecule has 0 atom stereocenters. The zero-order valence-corrected chi connectivity index (χ0v) is 13.8. The van der Waals surface area contributed by atoms with Crippen LogP contribution in [0, 0.1) is 10.1 Å². The van der Waals surface area contributed by atoms with E-state index in [1.807, 2.05) is 12.1 Å². The first-order chi connectivity index (χ1) is 12.0. The predicted molar refractivity (Wildman–Crippen MR) is 89.6 cm³/mol. The summed E-state index contributed by atoms with van der Waals surface area (Å²) in [5.74, 6) is 0.856. The lowest BCUT2D eigenvalue weighted by Gasteiger charge is -1.99. The molecule has 0 bridgehead atoms. The number of carbonyl (C=O) groups is 1. The van der Waals surface area contributed by atoms with Gasteiger partial charge < -0.3 is 14.6 Å². The van der Waals surface area contributed by atoms with Gasteiger partial charge in [0.25, 0.3) is 0 Å². The van der Waals surface area contributed by atoms with Crippen LogP contribution >= 0.6 is 11.3 Å². The molecule has 1 amide bonds. The Labute approximate surface area is 145 Å². The van der Waals surface area contributed by atoms with E-state index in [-0.39, 0.29) is 22.5 Å². The molecule has 0 fully saturated rings. The highest BCUT2D eigenvalue weighted by Gasteiger charge is 2.15. The second-order valence-corrected chi connectivity index (χ2v) is 5.91. The van der Waals surface area contributed by atoms with Crippen LogP contribution in [0.2, 0.25) is 0 Å². The molecular weight excluding hydrogens is 348 g/mol. The summed E-state index contributed by atoms with van der Waals surface area (Å²) in [6, 6.07) is 8.88. The lowest BCUT2D eigenvalue weighted by Crippen LogP contribution is -2.14. The SMILES string of the molecule is COc1ccc(-c2cc(CC(=O)Nc3ncc([N+](=O)[O-])s3)no2)cc1. The van der Waals surface area contributed by atoms with Crippen molar-refractivity contribution in [3.63, 3.8) is 0 Å². The quantitative estimate of drug-likeness (QED) is 0.530. The van der Waals surface area contributed by atoms with Crippen LogP contribution in [-0.2, 0) is 11.2 Å². The summed E-state index contributed by atoms with van der Waals surface area (Å²) in [6.07, 6.45) is 1.06. The minimum atomic E-state index is -0.563. The lowest BCUT2D eigenvalue weighted by atomic mass is 10.1. The zero-order chi connectivity index (χ0) is 17.8. The van der Waals surface area contributed by atoms with Gasteiger partial charge in [-0.1, -0.05) is 5.16 Å². The maximum Gasteiger partial charge on any atom is 0.345 e. The van der Waals surface area contributed by atoms with Crippen molar-refractivity contribution in [1.82, 2.24) is 10.1 Å². The molecule has 0 saturated carbocycles. The Hall–Kier alpha value is -3.27. The summed E-state index contributed by atoms with van der Waals surface area (Å²) in [5, 5.41) is 17.0. The summed E-state index contributed by atoms with van der Waals surface area (Å²) < 4.78 is 10.3. The van der Waals surface area contributed by atoms with Crippen molar-refractivity contribution in [3.8, 4) is 17.1 Å². The highest BCUT2D eigenvalue weighted by atomic mass is 32.1. The average Bonchev–Trinajstić information content (AvgIpc) is 3.24. The normalized spacial score (nSPS) is 10.4. The van der Waals surface area contributed by atoms with E-state index >= 15 is 0 Å².